The lowest BCUT2D eigenvalue weighted by molar-refractivity contribution is 0.217. The number of fused-ring (bicyclic) bond motifs is 3. The highest BCUT2D eigenvalue weighted by atomic mass is 32.2. The zero-order chi connectivity index (χ0) is 21.1. The van der Waals surface area contributed by atoms with Crippen LogP contribution in [0.1, 0.15) is 0 Å². The molecule has 1 atom stereocenters. The van der Waals surface area contributed by atoms with Crippen LogP contribution in [0, 0.1) is 0 Å². The van der Waals surface area contributed by atoms with Crippen LogP contribution in [-0.4, -0.2) is 53.2 Å². The van der Waals surface area contributed by atoms with Crippen LogP contribution in [0.2, 0.25) is 0 Å². The predicted octanol–water partition coefficient (Wildman–Crippen LogP) is 3.22. The van der Waals surface area contributed by atoms with Gasteiger partial charge in [-0.05, 0) is 6.07 Å². The Balaban J connectivity index is 1.58. The Morgan fingerprint density at radius 2 is 2.16 bits per heavy atom. The van der Waals surface area contributed by atoms with Crippen molar-refractivity contribution in [2.75, 3.05) is 24.8 Å². The second-order valence-corrected chi connectivity index (χ2v) is 9.97. The Labute approximate surface area is 183 Å². The normalized spacial score (nSPS) is 13.5. The van der Waals surface area contributed by atoms with Gasteiger partial charge in [0, 0.05) is 78.4 Å². The van der Waals surface area contributed by atoms with Gasteiger partial charge >= 0.3 is 0 Å². The number of imidazole rings is 1. The van der Waals surface area contributed by atoms with Crippen LogP contribution < -0.4 is 5.32 Å². The molecule has 1 aliphatic heterocycles. The molecule has 6 rings (SSSR count). The Morgan fingerprint density at radius 1 is 1.26 bits per heavy atom. The number of pyridine rings is 1. The topological polar surface area (TPSA) is 105 Å². The molecule has 0 radical (unpaired) electrons. The van der Waals surface area contributed by atoms with Gasteiger partial charge in [0.05, 0.1) is 12.3 Å². The van der Waals surface area contributed by atoms with E-state index in [0.717, 1.165) is 48.3 Å². The lowest BCUT2D eigenvalue weighted by atomic mass is 10.00. The number of hydrogen-bond acceptors (Lipinski definition) is 8. The predicted molar refractivity (Wildman–Crippen MR) is 120 cm³/mol. The van der Waals surface area contributed by atoms with Crippen LogP contribution in [0.3, 0.4) is 0 Å². The van der Waals surface area contributed by atoms with Gasteiger partial charge in [-0.2, -0.15) is 5.10 Å². The van der Waals surface area contributed by atoms with Crippen molar-refractivity contribution in [1.29, 1.82) is 0 Å². The van der Waals surface area contributed by atoms with Crippen LogP contribution in [0.25, 0.3) is 38.4 Å². The minimum Gasteiger partial charge on any atom is -0.611 e. The van der Waals surface area contributed by atoms with Gasteiger partial charge in [-0.1, -0.05) is 11.3 Å². The number of nitrogens with one attached hydrogen (secondary N) is 1. The van der Waals surface area contributed by atoms with E-state index in [1.807, 2.05) is 30.0 Å². The van der Waals surface area contributed by atoms with E-state index in [9.17, 15) is 4.55 Å². The first-order chi connectivity index (χ1) is 15.1. The number of anilines is 2. The minimum absolute atomic E-state index is 0.427. The second-order valence-electron chi connectivity index (χ2n) is 7.21. The molecule has 5 aromatic heterocycles. The van der Waals surface area contributed by atoms with Crippen molar-refractivity contribution in [3.05, 3.63) is 37.1 Å². The summed E-state index contributed by atoms with van der Waals surface area (Å²) in [4.78, 5) is 14.4. The average Bonchev–Trinajstić information content (AvgIpc) is 3.48. The van der Waals surface area contributed by atoms with Gasteiger partial charge in [-0.3, -0.25) is 9.08 Å². The fraction of sp³-hybridized carbons (Fsp3) is 0.200. The molecule has 0 saturated carbocycles. The van der Waals surface area contributed by atoms with E-state index in [1.54, 1.807) is 24.2 Å². The maximum Gasteiger partial charge on any atom is 0.233 e. The number of nitrogens with zero attached hydrogens (tertiary/aromatic N) is 6. The zero-order valence-corrected chi connectivity index (χ0v) is 18.3. The van der Waals surface area contributed by atoms with Crippen molar-refractivity contribution in [3.8, 4) is 22.4 Å². The lowest BCUT2D eigenvalue weighted by Crippen LogP contribution is -2.12. The third kappa shape index (κ3) is 2.92. The standard InChI is InChI=1S/C20H17N7O2S2/c1-26-10-13-12-7-14(11-8-22-20-21-3-4-27(20)9-11)23-18-15(12)16(24-17(13)25-26)19(30-18)31(28)6-5-29-2/h3-4,7-10H,5-6H2,1-2H3,(H,24,25). The fourth-order valence-electron chi connectivity index (χ4n) is 3.81. The molecular weight excluding hydrogens is 434 g/mol. The van der Waals surface area contributed by atoms with E-state index >= 15 is 0 Å². The Hall–Kier alpha value is -2.99. The Morgan fingerprint density at radius 3 is 3.03 bits per heavy atom. The molecule has 0 saturated heterocycles. The molecule has 31 heavy (non-hydrogen) atoms. The highest BCUT2D eigenvalue weighted by molar-refractivity contribution is 7.93. The van der Waals surface area contributed by atoms with Crippen LogP contribution >= 0.6 is 11.3 Å². The maximum absolute atomic E-state index is 13.0. The summed E-state index contributed by atoms with van der Waals surface area (Å²) in [6, 6.07) is 2.06. The van der Waals surface area contributed by atoms with E-state index in [4.69, 9.17) is 9.72 Å². The smallest absolute Gasteiger partial charge is 0.233 e. The van der Waals surface area contributed by atoms with Gasteiger partial charge in [0.25, 0.3) is 0 Å². The van der Waals surface area contributed by atoms with Gasteiger partial charge in [0.2, 0.25) is 9.99 Å². The number of rotatable bonds is 5. The first-order valence-corrected chi connectivity index (χ1v) is 11.7. The van der Waals surface area contributed by atoms with Crippen molar-refractivity contribution in [3.63, 3.8) is 0 Å². The Kier molecular flexibility index (Phi) is 4.25. The summed E-state index contributed by atoms with van der Waals surface area (Å²) in [5.74, 6) is 1.82. The molecule has 0 fully saturated rings. The Bertz CT molecular complexity index is 1460. The van der Waals surface area contributed by atoms with Crippen LogP contribution in [0.15, 0.2) is 41.3 Å². The number of aryl methyl sites for hydroxylation is 1. The molecule has 6 heterocycles. The number of hydrogen-bond donors (Lipinski definition) is 1. The largest absolute Gasteiger partial charge is 0.611 e. The molecular formula is C20H17N7O2S2. The molecule has 11 heteroatoms. The summed E-state index contributed by atoms with van der Waals surface area (Å²) >= 11 is 0.246. The zero-order valence-electron chi connectivity index (χ0n) is 16.7. The SMILES string of the molecule is COCC[S+]([O-])c1sc2nc(-c3cnc4nccn4c3)cc3c2c1Nc1nn(C)cc1-3. The van der Waals surface area contributed by atoms with Gasteiger partial charge in [-0.25, -0.2) is 15.0 Å². The van der Waals surface area contributed by atoms with E-state index in [0.29, 0.717) is 18.1 Å². The molecule has 0 bridgehead atoms. The molecule has 0 spiro atoms. The fourth-order valence-corrected chi connectivity index (χ4v) is 6.44. The molecule has 5 aromatic rings. The molecule has 0 aromatic carbocycles. The first-order valence-electron chi connectivity index (χ1n) is 9.57. The first kappa shape index (κ1) is 18.8. The van der Waals surface area contributed by atoms with Gasteiger partial charge in [0.15, 0.2) is 5.82 Å². The molecule has 0 aliphatic carbocycles. The van der Waals surface area contributed by atoms with Crippen molar-refractivity contribution >= 4 is 50.0 Å². The van der Waals surface area contributed by atoms with Gasteiger partial charge in [-0.15, -0.1) is 0 Å². The summed E-state index contributed by atoms with van der Waals surface area (Å²) in [7, 11) is 3.50. The number of ether oxygens (including phenoxy) is 1. The van der Waals surface area contributed by atoms with E-state index in [1.165, 1.54) is 11.3 Å². The van der Waals surface area contributed by atoms with E-state index in [-0.39, 0.29) is 0 Å². The summed E-state index contributed by atoms with van der Waals surface area (Å²) in [5, 5.41) is 8.93. The number of aromatic nitrogens is 6. The van der Waals surface area contributed by atoms with Crippen molar-refractivity contribution in [2.24, 2.45) is 7.05 Å². The monoisotopic (exact) mass is 451 g/mol. The molecule has 1 aliphatic rings. The molecule has 9 nitrogen and oxygen atoms in total. The lowest BCUT2D eigenvalue weighted by Gasteiger charge is -2.16. The van der Waals surface area contributed by atoms with Crippen LogP contribution in [0.4, 0.5) is 11.5 Å². The highest BCUT2D eigenvalue weighted by Crippen LogP contribution is 2.50. The quantitative estimate of drug-likeness (QED) is 0.401. The minimum atomic E-state index is -1.20. The van der Waals surface area contributed by atoms with Gasteiger partial charge < -0.3 is 14.6 Å². The van der Waals surface area contributed by atoms with Crippen molar-refractivity contribution in [2.45, 2.75) is 4.21 Å². The van der Waals surface area contributed by atoms with E-state index in [2.05, 4.69) is 26.4 Å². The maximum atomic E-state index is 13.0. The van der Waals surface area contributed by atoms with Crippen molar-refractivity contribution < 1.29 is 9.29 Å². The highest BCUT2D eigenvalue weighted by Gasteiger charge is 2.31. The summed E-state index contributed by atoms with van der Waals surface area (Å²) in [6.45, 7) is 0.428. The van der Waals surface area contributed by atoms with Crippen molar-refractivity contribution in [1.82, 2.24) is 29.1 Å². The second kappa shape index (κ2) is 7.02. The number of methoxy groups -OCH3 is 1. The van der Waals surface area contributed by atoms with E-state index < -0.39 is 11.2 Å². The molecule has 0 amide bonds. The summed E-state index contributed by atoms with van der Waals surface area (Å²) in [6.07, 6.45) is 9.31. The number of thiophene rings is 1. The van der Waals surface area contributed by atoms with Gasteiger partial charge in [0.1, 0.15) is 16.3 Å². The van der Waals surface area contributed by atoms with Crippen LogP contribution in [-0.2, 0) is 23.0 Å². The molecule has 156 valence electrons. The third-order valence-electron chi connectivity index (χ3n) is 5.21. The van der Waals surface area contributed by atoms with Crippen LogP contribution in [0.5, 0.6) is 0 Å². The third-order valence-corrected chi connectivity index (χ3v) is 8.05. The molecule has 1 unspecified atom stereocenters. The molecule has 1 N–H and O–H groups in total. The summed E-state index contributed by atoms with van der Waals surface area (Å²) < 4.78 is 22.5. The summed E-state index contributed by atoms with van der Waals surface area (Å²) in [5.41, 5.74) is 4.52. The average molecular weight is 452 g/mol.